The van der Waals surface area contributed by atoms with Gasteiger partial charge in [-0.1, -0.05) is 18.2 Å². The normalized spacial score (nSPS) is 16.1. The molecule has 1 unspecified atom stereocenters. The zero-order chi connectivity index (χ0) is 18.3. The molecule has 1 atom stereocenters. The Morgan fingerprint density at radius 3 is 2.63 bits per heavy atom. The number of hydrogen-bond acceptors (Lipinski definition) is 7. The smallest absolute Gasteiger partial charge is 0.244 e. The first-order valence-electron chi connectivity index (χ1n) is 9.00. The molecule has 1 aliphatic rings. The molecule has 0 radical (unpaired) electrons. The van der Waals surface area contributed by atoms with Gasteiger partial charge in [0.25, 0.3) is 0 Å². The van der Waals surface area contributed by atoms with Crippen LogP contribution in [0.4, 0.5) is 17.5 Å². The molecule has 7 nitrogen and oxygen atoms in total. The lowest BCUT2D eigenvalue weighted by Crippen LogP contribution is -2.20. The molecule has 1 saturated heterocycles. The van der Waals surface area contributed by atoms with Gasteiger partial charge in [0.15, 0.2) is 5.82 Å². The van der Waals surface area contributed by atoms with E-state index in [4.69, 9.17) is 9.47 Å². The molecule has 4 rings (SSSR count). The van der Waals surface area contributed by atoms with Crippen molar-refractivity contribution in [1.82, 2.24) is 15.2 Å². The highest BCUT2D eigenvalue weighted by atomic mass is 16.5. The summed E-state index contributed by atoms with van der Waals surface area (Å²) in [5.41, 5.74) is 0.890. The zero-order valence-electron chi connectivity index (χ0n) is 14.8. The Kier molecular flexibility index (Phi) is 5.40. The number of nitrogens with one attached hydrogen (secondary N) is 2. The largest absolute Gasteiger partial charge is 0.457 e. The van der Waals surface area contributed by atoms with Gasteiger partial charge < -0.3 is 20.1 Å². The van der Waals surface area contributed by atoms with Gasteiger partial charge in [-0.3, -0.25) is 0 Å². The average molecular weight is 363 g/mol. The molecule has 0 amide bonds. The van der Waals surface area contributed by atoms with E-state index in [1.165, 1.54) is 0 Å². The number of anilines is 3. The molecule has 2 aromatic carbocycles. The number of hydrogen-bond donors (Lipinski definition) is 2. The van der Waals surface area contributed by atoms with E-state index in [0.717, 1.165) is 36.6 Å². The fraction of sp³-hybridized carbons (Fsp3) is 0.250. The molecular weight excluding hydrogens is 342 g/mol. The first-order chi connectivity index (χ1) is 13.3. The third-order valence-corrected chi connectivity index (χ3v) is 4.18. The molecule has 138 valence electrons. The van der Waals surface area contributed by atoms with Crippen molar-refractivity contribution in [3.05, 3.63) is 60.8 Å². The van der Waals surface area contributed by atoms with Crippen molar-refractivity contribution in [3.63, 3.8) is 0 Å². The van der Waals surface area contributed by atoms with Gasteiger partial charge >= 0.3 is 0 Å². The topological polar surface area (TPSA) is 81.2 Å². The highest BCUT2D eigenvalue weighted by molar-refractivity contribution is 5.57. The lowest BCUT2D eigenvalue weighted by Gasteiger charge is -2.11. The summed E-state index contributed by atoms with van der Waals surface area (Å²) in [5, 5.41) is 14.4. The van der Waals surface area contributed by atoms with Crippen LogP contribution in [0.25, 0.3) is 0 Å². The van der Waals surface area contributed by atoms with Gasteiger partial charge in [0.2, 0.25) is 5.95 Å². The van der Waals surface area contributed by atoms with Gasteiger partial charge in [-0.25, -0.2) is 0 Å². The van der Waals surface area contributed by atoms with Crippen molar-refractivity contribution in [1.29, 1.82) is 0 Å². The van der Waals surface area contributed by atoms with Crippen LogP contribution >= 0.6 is 0 Å². The molecule has 0 spiro atoms. The first kappa shape index (κ1) is 17.2. The van der Waals surface area contributed by atoms with E-state index in [9.17, 15) is 0 Å². The molecular formula is C20H21N5O2. The van der Waals surface area contributed by atoms with Crippen LogP contribution in [0.3, 0.4) is 0 Å². The minimum absolute atomic E-state index is 0.224. The van der Waals surface area contributed by atoms with Crippen LogP contribution in [0.15, 0.2) is 60.8 Å². The fourth-order valence-corrected chi connectivity index (χ4v) is 2.83. The minimum atomic E-state index is 0.224. The summed E-state index contributed by atoms with van der Waals surface area (Å²) in [6, 6.07) is 17.4. The highest BCUT2D eigenvalue weighted by Gasteiger charge is 2.15. The van der Waals surface area contributed by atoms with E-state index in [2.05, 4.69) is 25.8 Å². The maximum atomic E-state index is 5.80. The molecule has 27 heavy (non-hydrogen) atoms. The molecule has 2 N–H and O–H groups in total. The molecule has 7 heteroatoms. The van der Waals surface area contributed by atoms with Gasteiger partial charge in [-0.05, 0) is 49.2 Å². The Morgan fingerprint density at radius 2 is 1.85 bits per heavy atom. The van der Waals surface area contributed by atoms with Crippen LogP contribution in [0, 0.1) is 0 Å². The first-order valence-corrected chi connectivity index (χ1v) is 9.00. The van der Waals surface area contributed by atoms with Gasteiger partial charge in [-0.2, -0.15) is 10.1 Å². The molecule has 0 aliphatic carbocycles. The fourth-order valence-electron chi connectivity index (χ4n) is 2.83. The Morgan fingerprint density at radius 1 is 1.04 bits per heavy atom. The summed E-state index contributed by atoms with van der Waals surface area (Å²) in [5.74, 6) is 2.68. The average Bonchev–Trinajstić information content (AvgIpc) is 3.23. The van der Waals surface area contributed by atoms with Gasteiger partial charge in [-0.15, -0.1) is 5.10 Å². The van der Waals surface area contributed by atoms with Crippen molar-refractivity contribution >= 4 is 17.5 Å². The van der Waals surface area contributed by atoms with Crippen molar-refractivity contribution in [3.8, 4) is 11.5 Å². The number of para-hydroxylation sites is 1. The Bertz CT molecular complexity index is 852. The second-order valence-corrected chi connectivity index (χ2v) is 6.25. The van der Waals surface area contributed by atoms with E-state index in [1.54, 1.807) is 6.20 Å². The van der Waals surface area contributed by atoms with Crippen molar-refractivity contribution in [2.45, 2.75) is 18.9 Å². The Hall–Kier alpha value is -3.19. The minimum Gasteiger partial charge on any atom is -0.457 e. The predicted octanol–water partition coefficient (Wildman–Crippen LogP) is 4.00. The second kappa shape index (κ2) is 8.46. The highest BCUT2D eigenvalue weighted by Crippen LogP contribution is 2.24. The number of benzene rings is 2. The van der Waals surface area contributed by atoms with Crippen LogP contribution in [-0.4, -0.2) is 34.4 Å². The third-order valence-electron chi connectivity index (χ3n) is 4.18. The van der Waals surface area contributed by atoms with Crippen molar-refractivity contribution in [2.24, 2.45) is 0 Å². The van der Waals surface area contributed by atoms with E-state index in [-0.39, 0.29) is 6.10 Å². The summed E-state index contributed by atoms with van der Waals surface area (Å²) >= 11 is 0. The second-order valence-electron chi connectivity index (χ2n) is 6.25. The van der Waals surface area contributed by atoms with E-state index >= 15 is 0 Å². The summed E-state index contributed by atoms with van der Waals surface area (Å²) in [4.78, 5) is 4.44. The third kappa shape index (κ3) is 4.92. The maximum absolute atomic E-state index is 5.80. The molecule has 1 fully saturated rings. The summed E-state index contributed by atoms with van der Waals surface area (Å²) in [6.45, 7) is 1.52. The molecule has 1 aliphatic heterocycles. The lowest BCUT2D eigenvalue weighted by atomic mass is 10.2. The van der Waals surface area contributed by atoms with Gasteiger partial charge in [0.05, 0.1) is 12.3 Å². The van der Waals surface area contributed by atoms with Crippen molar-refractivity contribution in [2.75, 3.05) is 23.8 Å². The molecule has 1 aromatic heterocycles. The number of nitrogens with zero attached hydrogens (tertiary/aromatic N) is 3. The number of ether oxygens (including phenoxy) is 2. The summed E-state index contributed by atoms with van der Waals surface area (Å²) in [7, 11) is 0. The van der Waals surface area contributed by atoms with E-state index in [0.29, 0.717) is 18.3 Å². The van der Waals surface area contributed by atoms with Crippen LogP contribution in [0.2, 0.25) is 0 Å². The number of aromatic nitrogens is 3. The maximum Gasteiger partial charge on any atom is 0.244 e. The summed E-state index contributed by atoms with van der Waals surface area (Å²) in [6.07, 6.45) is 3.99. The van der Waals surface area contributed by atoms with Gasteiger partial charge in [0.1, 0.15) is 11.5 Å². The predicted molar refractivity (Wildman–Crippen MR) is 104 cm³/mol. The van der Waals surface area contributed by atoms with E-state index < -0.39 is 0 Å². The number of rotatable bonds is 7. The van der Waals surface area contributed by atoms with Crippen LogP contribution in [0.1, 0.15) is 12.8 Å². The van der Waals surface area contributed by atoms with Gasteiger partial charge in [0, 0.05) is 18.8 Å². The molecule has 2 heterocycles. The monoisotopic (exact) mass is 363 g/mol. The Labute approximate surface area is 157 Å². The lowest BCUT2D eigenvalue weighted by molar-refractivity contribution is 0.120. The SMILES string of the molecule is c1ccc(Oc2ccc(Nc3cnnc(NCC4CCCO4)n3)cc2)cc1. The van der Waals surface area contributed by atoms with Crippen LogP contribution in [0.5, 0.6) is 11.5 Å². The molecule has 3 aromatic rings. The quantitative estimate of drug-likeness (QED) is 0.656. The Balaban J connectivity index is 1.35. The van der Waals surface area contributed by atoms with E-state index in [1.807, 2.05) is 54.6 Å². The van der Waals surface area contributed by atoms with Crippen LogP contribution < -0.4 is 15.4 Å². The standard InChI is InChI=1S/C20H21N5O2/c1-2-5-16(6-3-1)27-17-10-8-15(9-11-17)23-19-14-22-25-20(24-19)21-13-18-7-4-12-26-18/h1-3,5-6,8-11,14,18H,4,7,12-13H2,(H2,21,23,24,25). The zero-order valence-corrected chi connectivity index (χ0v) is 14.8. The molecule has 0 bridgehead atoms. The summed E-state index contributed by atoms with van der Waals surface area (Å²) < 4.78 is 11.4. The van der Waals surface area contributed by atoms with Crippen LogP contribution in [-0.2, 0) is 4.74 Å². The molecule has 0 saturated carbocycles. The van der Waals surface area contributed by atoms with Crippen molar-refractivity contribution < 1.29 is 9.47 Å².